The van der Waals surface area contributed by atoms with Gasteiger partial charge in [-0.05, 0) is 36.4 Å². The van der Waals surface area contributed by atoms with Gasteiger partial charge in [-0.3, -0.25) is 4.90 Å². The summed E-state index contributed by atoms with van der Waals surface area (Å²) in [6.07, 6.45) is 0. The molecule has 0 aliphatic heterocycles. The van der Waals surface area contributed by atoms with Crippen molar-refractivity contribution in [1.82, 2.24) is 4.90 Å². The van der Waals surface area contributed by atoms with E-state index in [1.165, 1.54) is 6.07 Å². The first-order chi connectivity index (χ1) is 10.0. The summed E-state index contributed by atoms with van der Waals surface area (Å²) < 4.78 is 26.4. The Kier molecular flexibility index (Phi) is 5.28. The highest BCUT2D eigenvalue weighted by Crippen LogP contribution is 2.24. The first kappa shape index (κ1) is 15.9. The van der Waals surface area contributed by atoms with Crippen LogP contribution in [0, 0.1) is 11.6 Å². The molecule has 21 heavy (non-hydrogen) atoms. The van der Waals surface area contributed by atoms with Crippen LogP contribution in [0.3, 0.4) is 0 Å². The number of hydrogen-bond acceptors (Lipinski definition) is 2. The third-order valence-corrected chi connectivity index (χ3v) is 3.83. The summed E-state index contributed by atoms with van der Waals surface area (Å²) in [5, 5.41) is 0.672. The summed E-state index contributed by atoms with van der Waals surface area (Å²) in [6, 6.07) is 11.2. The quantitative estimate of drug-likeness (QED) is 0.911. The largest absolute Gasteiger partial charge is 0.329 e. The van der Waals surface area contributed by atoms with Crippen molar-refractivity contribution in [2.24, 2.45) is 5.73 Å². The summed E-state index contributed by atoms with van der Waals surface area (Å²) in [5.74, 6) is -1.72. The predicted octanol–water partition coefficient (Wildman–Crippen LogP) is 3.75. The van der Waals surface area contributed by atoms with Gasteiger partial charge in [0.2, 0.25) is 0 Å². The molecule has 5 heteroatoms. The van der Waals surface area contributed by atoms with Crippen molar-refractivity contribution in [3.63, 3.8) is 0 Å². The van der Waals surface area contributed by atoms with Gasteiger partial charge in [-0.25, -0.2) is 8.78 Å². The van der Waals surface area contributed by atoms with E-state index in [4.69, 9.17) is 17.3 Å². The van der Waals surface area contributed by atoms with E-state index in [0.717, 1.165) is 11.6 Å². The van der Waals surface area contributed by atoms with Gasteiger partial charge in [0.25, 0.3) is 0 Å². The molecule has 2 rings (SSSR count). The van der Waals surface area contributed by atoms with Gasteiger partial charge in [0.1, 0.15) is 0 Å². The average molecular weight is 311 g/mol. The van der Waals surface area contributed by atoms with Gasteiger partial charge in [-0.2, -0.15) is 0 Å². The topological polar surface area (TPSA) is 29.3 Å². The molecule has 1 unspecified atom stereocenters. The molecule has 0 bridgehead atoms. The van der Waals surface area contributed by atoms with Crippen molar-refractivity contribution in [3.8, 4) is 0 Å². The highest BCUT2D eigenvalue weighted by Gasteiger charge is 2.18. The number of halogens is 3. The Hall–Kier alpha value is -1.49. The zero-order valence-electron chi connectivity index (χ0n) is 11.7. The molecular formula is C16H17ClF2N2. The molecule has 2 aromatic rings. The van der Waals surface area contributed by atoms with Crippen LogP contribution in [0.15, 0.2) is 42.5 Å². The SMILES string of the molecule is CN(Cc1ccccc1Cl)C(CN)c1ccc(F)c(F)c1. The number of nitrogens with two attached hydrogens (primary N) is 1. The van der Waals surface area contributed by atoms with Crippen LogP contribution in [0.1, 0.15) is 17.2 Å². The molecule has 0 aliphatic carbocycles. The summed E-state index contributed by atoms with van der Waals surface area (Å²) in [4.78, 5) is 1.97. The lowest BCUT2D eigenvalue weighted by Gasteiger charge is -2.27. The van der Waals surface area contributed by atoms with E-state index in [-0.39, 0.29) is 6.04 Å². The molecule has 0 aromatic heterocycles. The van der Waals surface area contributed by atoms with Gasteiger partial charge in [-0.1, -0.05) is 35.9 Å². The summed E-state index contributed by atoms with van der Waals surface area (Å²) in [7, 11) is 1.88. The van der Waals surface area contributed by atoms with E-state index in [1.54, 1.807) is 6.07 Å². The van der Waals surface area contributed by atoms with E-state index in [0.29, 0.717) is 23.7 Å². The second-order valence-electron chi connectivity index (χ2n) is 4.93. The van der Waals surface area contributed by atoms with Gasteiger partial charge in [0.15, 0.2) is 11.6 Å². The van der Waals surface area contributed by atoms with Crippen molar-refractivity contribution >= 4 is 11.6 Å². The van der Waals surface area contributed by atoms with Crippen LogP contribution < -0.4 is 5.73 Å². The zero-order chi connectivity index (χ0) is 15.4. The maximum absolute atomic E-state index is 13.4. The number of likely N-dealkylation sites (N-methyl/N-ethyl adjacent to an activating group) is 1. The third kappa shape index (κ3) is 3.79. The van der Waals surface area contributed by atoms with E-state index in [9.17, 15) is 8.78 Å². The monoisotopic (exact) mass is 310 g/mol. The minimum Gasteiger partial charge on any atom is -0.329 e. The Balaban J connectivity index is 2.20. The Labute approximate surface area is 128 Å². The molecule has 0 fully saturated rings. The highest BCUT2D eigenvalue weighted by atomic mass is 35.5. The molecule has 2 nitrogen and oxygen atoms in total. The molecule has 2 aromatic carbocycles. The Morgan fingerprint density at radius 1 is 1.14 bits per heavy atom. The fourth-order valence-electron chi connectivity index (χ4n) is 2.30. The lowest BCUT2D eigenvalue weighted by molar-refractivity contribution is 0.241. The maximum Gasteiger partial charge on any atom is 0.159 e. The van der Waals surface area contributed by atoms with Crippen LogP contribution in [0.25, 0.3) is 0 Å². The molecule has 0 heterocycles. The summed E-state index contributed by atoms with van der Waals surface area (Å²) >= 11 is 6.14. The lowest BCUT2D eigenvalue weighted by atomic mass is 10.0. The molecule has 2 N–H and O–H groups in total. The molecule has 0 saturated carbocycles. The van der Waals surface area contributed by atoms with Gasteiger partial charge in [0.05, 0.1) is 0 Å². The average Bonchev–Trinajstić information content (AvgIpc) is 2.46. The van der Waals surface area contributed by atoms with Crippen LogP contribution in [-0.4, -0.2) is 18.5 Å². The van der Waals surface area contributed by atoms with Crippen LogP contribution in [0.4, 0.5) is 8.78 Å². The zero-order valence-corrected chi connectivity index (χ0v) is 12.4. The van der Waals surface area contributed by atoms with Gasteiger partial charge in [-0.15, -0.1) is 0 Å². The predicted molar refractivity (Wildman–Crippen MR) is 81.1 cm³/mol. The molecule has 112 valence electrons. The Bertz CT molecular complexity index is 619. The second-order valence-corrected chi connectivity index (χ2v) is 5.34. The minimum atomic E-state index is -0.864. The van der Waals surface area contributed by atoms with E-state index < -0.39 is 11.6 Å². The molecule has 0 radical (unpaired) electrons. The minimum absolute atomic E-state index is 0.212. The third-order valence-electron chi connectivity index (χ3n) is 3.46. The van der Waals surface area contributed by atoms with Crippen molar-refractivity contribution in [2.45, 2.75) is 12.6 Å². The van der Waals surface area contributed by atoms with Gasteiger partial charge in [0, 0.05) is 24.2 Å². The number of rotatable bonds is 5. The molecular weight excluding hydrogens is 294 g/mol. The number of hydrogen-bond donors (Lipinski definition) is 1. The van der Waals surface area contributed by atoms with E-state index in [1.807, 2.05) is 36.2 Å². The maximum atomic E-state index is 13.4. The molecule has 0 amide bonds. The fourth-order valence-corrected chi connectivity index (χ4v) is 2.49. The second kappa shape index (κ2) is 6.98. The lowest BCUT2D eigenvalue weighted by Crippen LogP contribution is -2.30. The first-order valence-electron chi connectivity index (χ1n) is 6.61. The Morgan fingerprint density at radius 3 is 2.48 bits per heavy atom. The number of nitrogens with zero attached hydrogens (tertiary/aromatic N) is 1. The van der Waals surface area contributed by atoms with Crippen LogP contribution in [-0.2, 0) is 6.54 Å². The van der Waals surface area contributed by atoms with Crippen LogP contribution in [0.2, 0.25) is 5.02 Å². The van der Waals surface area contributed by atoms with Crippen molar-refractivity contribution in [3.05, 3.63) is 70.2 Å². The number of benzene rings is 2. The molecule has 1 atom stereocenters. The Morgan fingerprint density at radius 2 is 1.86 bits per heavy atom. The standard InChI is InChI=1S/C16H17ClF2N2/c1-21(10-12-4-2-3-5-13(12)17)16(9-20)11-6-7-14(18)15(19)8-11/h2-8,16H,9-10,20H2,1H3. The first-order valence-corrected chi connectivity index (χ1v) is 6.99. The van der Waals surface area contributed by atoms with E-state index in [2.05, 4.69) is 0 Å². The summed E-state index contributed by atoms with van der Waals surface area (Å²) in [5.41, 5.74) is 7.40. The molecule has 0 aliphatic rings. The molecule has 0 saturated heterocycles. The van der Waals surface area contributed by atoms with Gasteiger partial charge >= 0.3 is 0 Å². The van der Waals surface area contributed by atoms with Crippen molar-refractivity contribution in [1.29, 1.82) is 0 Å². The smallest absolute Gasteiger partial charge is 0.159 e. The molecule has 0 spiro atoms. The normalized spacial score (nSPS) is 12.7. The fraction of sp³-hybridized carbons (Fsp3) is 0.250. The van der Waals surface area contributed by atoms with Crippen LogP contribution >= 0.6 is 11.6 Å². The summed E-state index contributed by atoms with van der Waals surface area (Å²) in [6.45, 7) is 0.868. The van der Waals surface area contributed by atoms with Crippen molar-refractivity contribution < 1.29 is 8.78 Å². The highest BCUT2D eigenvalue weighted by molar-refractivity contribution is 6.31. The van der Waals surface area contributed by atoms with Gasteiger partial charge < -0.3 is 5.73 Å². The van der Waals surface area contributed by atoms with Crippen LogP contribution in [0.5, 0.6) is 0 Å². The van der Waals surface area contributed by atoms with Crippen molar-refractivity contribution in [2.75, 3.05) is 13.6 Å². The van der Waals surface area contributed by atoms with E-state index >= 15 is 0 Å².